The molecule has 0 saturated carbocycles. The second-order valence-corrected chi connectivity index (χ2v) is 5.72. The number of carbonyl (C=O) groups is 1. The summed E-state index contributed by atoms with van der Waals surface area (Å²) < 4.78 is 5.35. The van der Waals surface area contributed by atoms with Crippen LogP contribution >= 0.6 is 0 Å². The van der Waals surface area contributed by atoms with Crippen molar-refractivity contribution in [2.75, 3.05) is 5.32 Å². The van der Waals surface area contributed by atoms with Crippen LogP contribution in [0.3, 0.4) is 0 Å². The van der Waals surface area contributed by atoms with E-state index in [2.05, 4.69) is 5.32 Å². The second kappa shape index (κ2) is 7.90. The molecule has 2 aromatic carbocycles. The highest BCUT2D eigenvalue weighted by Gasteiger charge is 2.16. The van der Waals surface area contributed by atoms with E-state index in [9.17, 15) is 9.90 Å². The fourth-order valence-corrected chi connectivity index (χ4v) is 2.48. The van der Waals surface area contributed by atoms with Gasteiger partial charge in [-0.2, -0.15) is 5.26 Å². The number of hydrogen-bond donors (Lipinski definition) is 2. The lowest BCUT2D eigenvalue weighted by Crippen LogP contribution is -2.34. The molecule has 1 aromatic heterocycles. The largest absolute Gasteiger partial charge is 0.508 e. The fraction of sp³-hybridized carbons (Fsp3) is 0.100. The van der Waals surface area contributed by atoms with Crippen LogP contribution in [0, 0.1) is 11.3 Å². The Balaban J connectivity index is 1.78. The van der Waals surface area contributed by atoms with E-state index < -0.39 is 0 Å². The number of amides is 2. The van der Waals surface area contributed by atoms with E-state index in [1.165, 1.54) is 0 Å². The molecule has 0 aliphatic heterocycles. The summed E-state index contributed by atoms with van der Waals surface area (Å²) in [6.45, 7) is 0.627. The zero-order valence-electron chi connectivity index (χ0n) is 13.9. The summed E-state index contributed by atoms with van der Waals surface area (Å²) in [7, 11) is 0. The summed E-state index contributed by atoms with van der Waals surface area (Å²) in [6, 6.07) is 18.7. The molecule has 6 heteroatoms. The Labute approximate surface area is 150 Å². The molecule has 2 N–H and O–H groups in total. The molecule has 0 bridgehead atoms. The summed E-state index contributed by atoms with van der Waals surface area (Å²) in [4.78, 5) is 14.3. The van der Waals surface area contributed by atoms with Gasteiger partial charge in [0.1, 0.15) is 11.5 Å². The number of benzene rings is 2. The van der Waals surface area contributed by atoms with E-state index in [1.807, 2.05) is 6.07 Å². The SMILES string of the molecule is N#Cc1cccc(NC(=O)N(Cc2ccc(O)cc2)Cc2ccco2)c1. The standard InChI is InChI=1S/C20H17N3O3/c21-12-16-3-1-4-17(11-16)22-20(25)23(14-19-5-2-10-26-19)13-15-6-8-18(24)9-7-15/h1-11,24H,13-14H2,(H,22,25). The molecule has 1 heterocycles. The Hall–Kier alpha value is -3.72. The molecule has 0 radical (unpaired) electrons. The number of carbonyl (C=O) groups excluding carboxylic acids is 1. The zero-order chi connectivity index (χ0) is 18.4. The monoisotopic (exact) mass is 347 g/mol. The fourth-order valence-electron chi connectivity index (χ4n) is 2.48. The minimum atomic E-state index is -0.315. The van der Waals surface area contributed by atoms with Gasteiger partial charge < -0.3 is 19.7 Å². The minimum Gasteiger partial charge on any atom is -0.508 e. The maximum absolute atomic E-state index is 12.8. The first-order chi connectivity index (χ1) is 12.6. The lowest BCUT2D eigenvalue weighted by atomic mass is 10.2. The molecule has 0 unspecified atom stereocenters. The first-order valence-corrected chi connectivity index (χ1v) is 8.00. The minimum absolute atomic E-state index is 0.170. The molecule has 0 saturated heterocycles. The predicted octanol–water partition coefficient (Wildman–Crippen LogP) is 4.09. The lowest BCUT2D eigenvalue weighted by Gasteiger charge is -2.22. The molecular formula is C20H17N3O3. The third-order valence-corrected chi connectivity index (χ3v) is 3.77. The number of furan rings is 1. The molecule has 6 nitrogen and oxygen atoms in total. The normalized spacial score (nSPS) is 10.1. The number of urea groups is 1. The quantitative estimate of drug-likeness (QED) is 0.727. The Morgan fingerprint density at radius 2 is 1.92 bits per heavy atom. The van der Waals surface area contributed by atoms with Gasteiger partial charge in [0.05, 0.1) is 24.4 Å². The molecule has 3 rings (SSSR count). The number of nitriles is 1. The molecule has 130 valence electrons. The van der Waals surface area contributed by atoms with E-state index in [4.69, 9.17) is 9.68 Å². The van der Waals surface area contributed by atoms with Gasteiger partial charge in [-0.25, -0.2) is 4.79 Å². The van der Waals surface area contributed by atoms with Crippen molar-refractivity contribution in [2.24, 2.45) is 0 Å². The van der Waals surface area contributed by atoms with E-state index >= 15 is 0 Å². The summed E-state index contributed by atoms with van der Waals surface area (Å²) >= 11 is 0. The first kappa shape index (κ1) is 17.1. The highest BCUT2D eigenvalue weighted by molar-refractivity contribution is 5.89. The van der Waals surface area contributed by atoms with Crippen molar-refractivity contribution < 1.29 is 14.3 Å². The van der Waals surface area contributed by atoms with Crippen molar-refractivity contribution in [1.29, 1.82) is 5.26 Å². The summed E-state index contributed by atoms with van der Waals surface area (Å²) in [5, 5.41) is 21.2. The van der Waals surface area contributed by atoms with Crippen molar-refractivity contribution >= 4 is 11.7 Å². The molecule has 3 aromatic rings. The molecule has 0 aliphatic rings. The van der Waals surface area contributed by atoms with Crippen molar-refractivity contribution in [1.82, 2.24) is 4.90 Å². The van der Waals surface area contributed by atoms with Crippen LogP contribution in [-0.2, 0) is 13.1 Å². The van der Waals surface area contributed by atoms with Crippen molar-refractivity contribution in [2.45, 2.75) is 13.1 Å². The van der Waals surface area contributed by atoms with E-state index in [0.717, 1.165) is 5.56 Å². The van der Waals surface area contributed by atoms with Crippen molar-refractivity contribution in [3.63, 3.8) is 0 Å². The average molecular weight is 347 g/mol. The maximum atomic E-state index is 12.8. The molecular weight excluding hydrogens is 330 g/mol. The molecule has 0 spiro atoms. The Morgan fingerprint density at radius 3 is 2.62 bits per heavy atom. The maximum Gasteiger partial charge on any atom is 0.322 e. The van der Waals surface area contributed by atoms with Gasteiger partial charge in [0, 0.05) is 12.2 Å². The molecule has 0 aliphatic carbocycles. The van der Waals surface area contributed by atoms with Crippen LogP contribution in [0.1, 0.15) is 16.9 Å². The van der Waals surface area contributed by atoms with Gasteiger partial charge >= 0.3 is 6.03 Å². The Bertz CT molecular complexity index is 912. The number of phenolic OH excluding ortho intramolecular Hbond substituents is 1. The van der Waals surface area contributed by atoms with E-state index in [0.29, 0.717) is 23.6 Å². The van der Waals surface area contributed by atoms with Crippen LogP contribution in [0.15, 0.2) is 71.3 Å². The first-order valence-electron chi connectivity index (χ1n) is 8.00. The van der Waals surface area contributed by atoms with Gasteiger partial charge in [0.25, 0.3) is 0 Å². The van der Waals surface area contributed by atoms with Crippen LogP contribution < -0.4 is 5.32 Å². The Kier molecular flexibility index (Phi) is 5.20. The van der Waals surface area contributed by atoms with Crippen molar-refractivity contribution in [3.8, 4) is 11.8 Å². The average Bonchev–Trinajstić information content (AvgIpc) is 3.16. The number of hydrogen-bond acceptors (Lipinski definition) is 4. The van der Waals surface area contributed by atoms with Crippen LogP contribution in [-0.4, -0.2) is 16.0 Å². The van der Waals surface area contributed by atoms with Gasteiger partial charge in [-0.05, 0) is 48.0 Å². The van der Waals surface area contributed by atoms with E-state index in [1.54, 1.807) is 71.8 Å². The molecule has 2 amide bonds. The topological polar surface area (TPSA) is 89.5 Å². The van der Waals surface area contributed by atoms with Gasteiger partial charge in [0.2, 0.25) is 0 Å². The number of phenols is 1. The molecule has 0 fully saturated rings. The summed E-state index contributed by atoms with van der Waals surface area (Å²) in [6.07, 6.45) is 1.56. The van der Waals surface area contributed by atoms with Crippen LogP contribution in [0.5, 0.6) is 5.75 Å². The Morgan fingerprint density at radius 1 is 1.12 bits per heavy atom. The van der Waals surface area contributed by atoms with E-state index in [-0.39, 0.29) is 18.3 Å². The van der Waals surface area contributed by atoms with Crippen molar-refractivity contribution in [3.05, 3.63) is 83.8 Å². The summed E-state index contributed by atoms with van der Waals surface area (Å²) in [5.41, 5.74) is 1.89. The third-order valence-electron chi connectivity index (χ3n) is 3.77. The number of aromatic hydroxyl groups is 1. The number of nitrogens with zero attached hydrogens (tertiary/aromatic N) is 2. The van der Waals surface area contributed by atoms with Crippen LogP contribution in [0.25, 0.3) is 0 Å². The van der Waals surface area contributed by atoms with Gasteiger partial charge in [-0.1, -0.05) is 18.2 Å². The van der Waals surface area contributed by atoms with Gasteiger partial charge in [0.15, 0.2) is 0 Å². The predicted molar refractivity (Wildman–Crippen MR) is 96.2 cm³/mol. The highest BCUT2D eigenvalue weighted by Crippen LogP contribution is 2.16. The number of rotatable bonds is 5. The zero-order valence-corrected chi connectivity index (χ0v) is 13.9. The smallest absolute Gasteiger partial charge is 0.322 e. The van der Waals surface area contributed by atoms with Crippen LogP contribution in [0.2, 0.25) is 0 Å². The molecule has 26 heavy (non-hydrogen) atoms. The molecule has 0 atom stereocenters. The van der Waals surface area contributed by atoms with Crippen LogP contribution in [0.4, 0.5) is 10.5 Å². The lowest BCUT2D eigenvalue weighted by molar-refractivity contribution is 0.201. The van der Waals surface area contributed by atoms with Gasteiger partial charge in [-0.3, -0.25) is 0 Å². The number of anilines is 1. The third kappa shape index (κ3) is 4.42. The summed E-state index contributed by atoms with van der Waals surface area (Å²) in [5.74, 6) is 0.828. The highest BCUT2D eigenvalue weighted by atomic mass is 16.3. The second-order valence-electron chi connectivity index (χ2n) is 5.72. The van der Waals surface area contributed by atoms with Gasteiger partial charge in [-0.15, -0.1) is 0 Å². The number of nitrogens with one attached hydrogen (secondary N) is 1.